The third-order valence-electron chi connectivity index (χ3n) is 0.499. The van der Waals surface area contributed by atoms with Crippen molar-refractivity contribution in [3.8, 4) is 0 Å². The van der Waals surface area contributed by atoms with Gasteiger partial charge < -0.3 is 20.4 Å². The van der Waals surface area contributed by atoms with Crippen molar-refractivity contribution >= 4 is 11.8 Å². The van der Waals surface area contributed by atoms with E-state index in [0.717, 1.165) is 0 Å². The highest BCUT2D eigenvalue weighted by Crippen LogP contribution is 1.93. The van der Waals surface area contributed by atoms with Crippen LogP contribution in [0.2, 0.25) is 0 Å². The van der Waals surface area contributed by atoms with Crippen molar-refractivity contribution in [3.63, 3.8) is 0 Å². The van der Waals surface area contributed by atoms with Gasteiger partial charge >= 0.3 is 17.7 Å². The molecule has 0 saturated carbocycles. The van der Waals surface area contributed by atoms with Crippen molar-refractivity contribution in [2.75, 3.05) is 0 Å². The Labute approximate surface area is 49.0 Å². The van der Waals surface area contributed by atoms with Crippen LogP contribution in [0.1, 0.15) is 0 Å². The fourth-order valence-corrected chi connectivity index (χ4v) is 0.143. The van der Waals surface area contributed by atoms with Gasteiger partial charge in [-0.15, -0.1) is 0 Å². The lowest BCUT2D eigenvalue weighted by atomic mass is 10.3. The van der Waals surface area contributed by atoms with E-state index in [1.165, 1.54) is 0 Å². The van der Waals surface area contributed by atoms with Crippen molar-refractivity contribution in [2.45, 2.75) is 5.97 Å². The molecule has 0 aliphatic rings. The summed E-state index contributed by atoms with van der Waals surface area (Å²) in [5.74, 6) is -7.95. The monoisotopic (exact) mass is 136 g/mol. The van der Waals surface area contributed by atoms with Crippen LogP contribution in [0.25, 0.3) is 0 Å². The van der Waals surface area contributed by atoms with Gasteiger partial charge in [0.15, 0.2) is 0 Å². The van der Waals surface area contributed by atoms with Crippen LogP contribution >= 0.6 is 0 Å². The van der Waals surface area contributed by atoms with Crippen LogP contribution in [0.3, 0.4) is 0 Å². The Morgan fingerprint density at radius 2 is 1.44 bits per heavy atom. The van der Waals surface area contributed by atoms with E-state index in [1.54, 1.807) is 0 Å². The number of carboxylic acids is 1. The number of hydrogen-bond acceptors (Lipinski definition) is 5. The number of ketones is 1. The van der Waals surface area contributed by atoms with Crippen molar-refractivity contribution < 1.29 is 30.0 Å². The quantitative estimate of drug-likeness (QED) is 0.242. The number of hydrogen-bond donors (Lipinski definition) is 4. The van der Waals surface area contributed by atoms with Gasteiger partial charge in [0, 0.05) is 0 Å². The number of aliphatic hydroxyl groups is 3. The molecule has 0 aliphatic heterocycles. The molecule has 4 N–H and O–H groups in total. The molecule has 0 spiro atoms. The molecule has 0 aromatic carbocycles. The first kappa shape index (κ1) is 8.02. The third kappa shape index (κ3) is 2.17. The molecule has 6 heteroatoms. The topological polar surface area (TPSA) is 115 Å². The fraction of sp³-hybridized carbons (Fsp3) is 0.333. The standard InChI is InChI=1S/C3H4O6/c4-1(2(5)6)3(7,8)9/h7-9H,(H,5,6). The second-order valence-corrected chi connectivity index (χ2v) is 1.27. The summed E-state index contributed by atoms with van der Waals surface area (Å²) in [6, 6.07) is 0. The highest BCUT2D eigenvalue weighted by molar-refractivity contribution is 6.34. The Morgan fingerprint density at radius 1 is 1.11 bits per heavy atom. The molecular weight excluding hydrogens is 132 g/mol. The maximum absolute atomic E-state index is 9.81. The molecule has 0 fully saturated rings. The third-order valence-corrected chi connectivity index (χ3v) is 0.499. The van der Waals surface area contributed by atoms with Gasteiger partial charge in [0.2, 0.25) is 0 Å². The molecule has 0 radical (unpaired) electrons. The summed E-state index contributed by atoms with van der Waals surface area (Å²) < 4.78 is 0. The SMILES string of the molecule is O=C(O)C(=O)C(O)(O)O. The zero-order valence-corrected chi connectivity index (χ0v) is 4.11. The van der Waals surface area contributed by atoms with Gasteiger partial charge in [-0.3, -0.25) is 4.79 Å². The second kappa shape index (κ2) is 2.09. The lowest BCUT2D eigenvalue weighted by Crippen LogP contribution is -2.42. The van der Waals surface area contributed by atoms with Crippen LogP contribution in [0.4, 0.5) is 0 Å². The molecule has 0 aliphatic carbocycles. The Hall–Kier alpha value is -0.980. The summed E-state index contributed by atoms with van der Waals surface area (Å²) in [5, 5.41) is 31.2. The number of rotatable bonds is 2. The van der Waals surface area contributed by atoms with Gasteiger partial charge in [-0.05, 0) is 0 Å². The first-order valence-electron chi connectivity index (χ1n) is 1.80. The maximum Gasteiger partial charge on any atom is 0.380 e. The summed E-state index contributed by atoms with van der Waals surface area (Å²) in [4.78, 5) is 19.3. The molecule has 0 saturated heterocycles. The number of carbonyl (C=O) groups excluding carboxylic acids is 1. The van der Waals surface area contributed by atoms with Crippen molar-refractivity contribution in [3.05, 3.63) is 0 Å². The average Bonchev–Trinajstić information content (AvgIpc) is 1.62. The van der Waals surface area contributed by atoms with Gasteiger partial charge in [0.1, 0.15) is 0 Å². The molecule has 0 amide bonds. The summed E-state index contributed by atoms with van der Waals surface area (Å²) in [5.41, 5.74) is 0. The molecule has 52 valence electrons. The highest BCUT2D eigenvalue weighted by Gasteiger charge is 2.35. The van der Waals surface area contributed by atoms with Crippen LogP contribution in [0.5, 0.6) is 0 Å². The predicted octanol–water partition coefficient (Wildman–Crippen LogP) is -2.73. The Balaban J connectivity index is 4.23. The van der Waals surface area contributed by atoms with Crippen LogP contribution in [0, 0.1) is 0 Å². The summed E-state index contributed by atoms with van der Waals surface area (Å²) >= 11 is 0. The molecule has 0 aromatic rings. The smallest absolute Gasteiger partial charge is 0.380 e. The molecule has 0 aromatic heterocycles. The van der Waals surface area contributed by atoms with Crippen LogP contribution in [-0.2, 0) is 9.59 Å². The van der Waals surface area contributed by atoms with E-state index >= 15 is 0 Å². The summed E-state index contributed by atoms with van der Waals surface area (Å²) in [6.07, 6.45) is 0. The van der Waals surface area contributed by atoms with Crippen LogP contribution in [-0.4, -0.2) is 38.2 Å². The molecule has 0 bridgehead atoms. The van der Waals surface area contributed by atoms with Crippen LogP contribution in [0.15, 0.2) is 0 Å². The summed E-state index contributed by atoms with van der Waals surface area (Å²) in [7, 11) is 0. The first-order valence-corrected chi connectivity index (χ1v) is 1.80. The minimum Gasteiger partial charge on any atom is -0.475 e. The molecule has 9 heavy (non-hydrogen) atoms. The lowest BCUT2D eigenvalue weighted by molar-refractivity contribution is -0.285. The minimum atomic E-state index is -3.76. The van der Waals surface area contributed by atoms with Crippen molar-refractivity contribution in [1.82, 2.24) is 0 Å². The Bertz CT molecular complexity index is 141. The molecule has 0 unspecified atom stereocenters. The van der Waals surface area contributed by atoms with Gasteiger partial charge in [-0.2, -0.15) is 0 Å². The van der Waals surface area contributed by atoms with E-state index < -0.39 is 17.7 Å². The average molecular weight is 136 g/mol. The fourth-order valence-electron chi connectivity index (χ4n) is 0.143. The van der Waals surface area contributed by atoms with Gasteiger partial charge in [0.05, 0.1) is 0 Å². The number of Topliss-reactive ketones (excluding diaryl/α,β-unsaturated/α-hetero) is 1. The van der Waals surface area contributed by atoms with Gasteiger partial charge in [-0.1, -0.05) is 0 Å². The normalized spacial score (nSPS) is 11.0. The predicted molar refractivity (Wildman–Crippen MR) is 22.0 cm³/mol. The van der Waals surface area contributed by atoms with E-state index in [2.05, 4.69) is 0 Å². The van der Waals surface area contributed by atoms with E-state index in [-0.39, 0.29) is 0 Å². The van der Waals surface area contributed by atoms with Gasteiger partial charge in [-0.25, -0.2) is 4.79 Å². The largest absolute Gasteiger partial charge is 0.475 e. The van der Waals surface area contributed by atoms with E-state index in [1.807, 2.05) is 0 Å². The van der Waals surface area contributed by atoms with Crippen LogP contribution < -0.4 is 0 Å². The van der Waals surface area contributed by atoms with E-state index in [9.17, 15) is 9.59 Å². The van der Waals surface area contributed by atoms with E-state index in [4.69, 9.17) is 20.4 Å². The zero-order valence-electron chi connectivity index (χ0n) is 4.11. The highest BCUT2D eigenvalue weighted by atomic mass is 16.7. The van der Waals surface area contributed by atoms with Crippen molar-refractivity contribution in [1.29, 1.82) is 0 Å². The molecule has 0 heterocycles. The zero-order chi connectivity index (χ0) is 7.65. The molecule has 0 atom stereocenters. The Morgan fingerprint density at radius 3 is 1.44 bits per heavy atom. The van der Waals surface area contributed by atoms with Crippen molar-refractivity contribution in [2.24, 2.45) is 0 Å². The molecule has 0 rings (SSSR count). The Kier molecular flexibility index (Phi) is 1.87. The first-order chi connectivity index (χ1) is 3.85. The van der Waals surface area contributed by atoms with Gasteiger partial charge in [0.25, 0.3) is 0 Å². The van der Waals surface area contributed by atoms with E-state index in [0.29, 0.717) is 0 Å². The number of carbonyl (C=O) groups is 2. The lowest BCUT2D eigenvalue weighted by Gasteiger charge is -2.06. The maximum atomic E-state index is 9.81. The number of aliphatic carboxylic acids is 1. The second-order valence-electron chi connectivity index (χ2n) is 1.27. The molecule has 6 nitrogen and oxygen atoms in total. The molecular formula is C3H4O6. The number of carboxylic acid groups (broad SMARTS) is 1. The minimum absolute atomic E-state index is 2.08. The summed E-state index contributed by atoms with van der Waals surface area (Å²) in [6.45, 7) is 0.